The third kappa shape index (κ3) is 4.28. The highest BCUT2D eigenvalue weighted by Crippen LogP contribution is 2.17. The minimum absolute atomic E-state index is 0.00597. The number of hydrogen-bond acceptors (Lipinski definition) is 7. The molecule has 1 heterocycles. The summed E-state index contributed by atoms with van der Waals surface area (Å²) in [6, 6.07) is 9.30. The lowest BCUT2D eigenvalue weighted by atomic mass is 10.3. The van der Waals surface area contributed by atoms with Crippen LogP contribution in [0.3, 0.4) is 0 Å². The van der Waals surface area contributed by atoms with Crippen LogP contribution in [0, 0.1) is 0 Å². The van der Waals surface area contributed by atoms with Crippen LogP contribution in [0.25, 0.3) is 5.69 Å². The smallest absolute Gasteiger partial charge is 0.413 e. The summed E-state index contributed by atoms with van der Waals surface area (Å²) in [4.78, 5) is 22.7. The van der Waals surface area contributed by atoms with E-state index in [1.54, 1.807) is 6.92 Å². The highest BCUT2D eigenvalue weighted by atomic mass is 32.2. The summed E-state index contributed by atoms with van der Waals surface area (Å²) >= 11 is 1.12. The van der Waals surface area contributed by atoms with Crippen LogP contribution in [0.1, 0.15) is 6.92 Å². The van der Waals surface area contributed by atoms with Gasteiger partial charge in [0.2, 0.25) is 11.1 Å². The van der Waals surface area contributed by atoms with E-state index in [2.05, 4.69) is 25.6 Å². The van der Waals surface area contributed by atoms with Crippen molar-refractivity contribution in [2.24, 2.45) is 0 Å². The molecule has 0 atom stereocenters. The number of para-hydroxylation sites is 1. The van der Waals surface area contributed by atoms with Gasteiger partial charge in [0.1, 0.15) is 0 Å². The van der Waals surface area contributed by atoms with Gasteiger partial charge >= 0.3 is 6.09 Å². The fourth-order valence-electron chi connectivity index (χ4n) is 1.45. The molecule has 1 aromatic carbocycles. The number of benzene rings is 1. The number of aromatic nitrogens is 4. The molecule has 0 fully saturated rings. The lowest BCUT2D eigenvalue weighted by Crippen LogP contribution is -2.32. The summed E-state index contributed by atoms with van der Waals surface area (Å²) < 4.78 is 6.13. The molecule has 0 radical (unpaired) electrons. The van der Waals surface area contributed by atoms with Crippen molar-refractivity contribution in [3.63, 3.8) is 0 Å². The van der Waals surface area contributed by atoms with Gasteiger partial charge in [0.25, 0.3) is 0 Å². The van der Waals surface area contributed by atoms with E-state index < -0.39 is 12.0 Å². The lowest BCUT2D eigenvalue weighted by molar-refractivity contribution is -0.117. The number of rotatable bonds is 5. The van der Waals surface area contributed by atoms with E-state index in [1.807, 2.05) is 30.3 Å². The molecule has 0 aliphatic rings. The Bertz CT molecular complexity index is 616. The van der Waals surface area contributed by atoms with Crippen LogP contribution < -0.4 is 5.32 Å². The highest BCUT2D eigenvalue weighted by molar-refractivity contribution is 7.99. The number of imide groups is 1. The maximum Gasteiger partial charge on any atom is 0.413 e. The molecule has 0 spiro atoms. The van der Waals surface area contributed by atoms with Crippen molar-refractivity contribution < 1.29 is 14.3 Å². The van der Waals surface area contributed by atoms with E-state index in [9.17, 15) is 9.59 Å². The second-order valence-electron chi connectivity index (χ2n) is 3.77. The van der Waals surface area contributed by atoms with Crippen LogP contribution in [0.4, 0.5) is 4.79 Å². The van der Waals surface area contributed by atoms with Gasteiger partial charge in [-0.05, 0) is 29.5 Å². The van der Waals surface area contributed by atoms with Crippen LogP contribution in [0.5, 0.6) is 0 Å². The van der Waals surface area contributed by atoms with Crippen molar-refractivity contribution in [1.29, 1.82) is 0 Å². The number of carbonyl (C=O) groups is 2. The van der Waals surface area contributed by atoms with E-state index in [1.165, 1.54) is 4.68 Å². The van der Waals surface area contributed by atoms with Gasteiger partial charge in [-0.15, -0.1) is 5.10 Å². The number of thioether (sulfide) groups is 1. The highest BCUT2D eigenvalue weighted by Gasteiger charge is 2.13. The zero-order valence-electron chi connectivity index (χ0n) is 11.2. The Labute approximate surface area is 124 Å². The summed E-state index contributed by atoms with van der Waals surface area (Å²) in [6.07, 6.45) is -0.759. The molecule has 110 valence electrons. The molecule has 9 heteroatoms. The number of amides is 2. The Morgan fingerprint density at radius 1 is 1.33 bits per heavy atom. The van der Waals surface area contributed by atoms with Crippen LogP contribution >= 0.6 is 11.8 Å². The maximum atomic E-state index is 11.6. The number of tetrazole rings is 1. The maximum absolute atomic E-state index is 11.6. The summed E-state index contributed by atoms with van der Waals surface area (Å²) in [5.74, 6) is -0.465. The molecule has 2 amide bonds. The van der Waals surface area contributed by atoms with Crippen molar-refractivity contribution in [2.75, 3.05) is 12.4 Å². The second-order valence-corrected chi connectivity index (χ2v) is 4.71. The van der Waals surface area contributed by atoms with E-state index >= 15 is 0 Å². The predicted octanol–water partition coefficient (Wildman–Crippen LogP) is 1.03. The van der Waals surface area contributed by atoms with Crippen LogP contribution in [0.2, 0.25) is 0 Å². The quantitative estimate of drug-likeness (QED) is 0.823. The van der Waals surface area contributed by atoms with Gasteiger partial charge in [-0.25, -0.2) is 4.79 Å². The summed E-state index contributed by atoms with van der Waals surface area (Å²) in [6.45, 7) is 1.87. The molecular formula is C12H13N5O3S. The zero-order chi connectivity index (χ0) is 15.1. The van der Waals surface area contributed by atoms with Gasteiger partial charge in [0.05, 0.1) is 18.0 Å². The topological polar surface area (TPSA) is 99.0 Å². The monoisotopic (exact) mass is 307 g/mol. The third-order valence-electron chi connectivity index (χ3n) is 2.29. The first-order valence-corrected chi connectivity index (χ1v) is 7.12. The van der Waals surface area contributed by atoms with Gasteiger partial charge in [-0.1, -0.05) is 30.0 Å². The molecule has 0 bridgehead atoms. The molecule has 0 saturated carbocycles. The molecule has 1 aromatic heterocycles. The second kappa shape index (κ2) is 7.39. The lowest BCUT2D eigenvalue weighted by Gasteiger charge is -2.04. The Morgan fingerprint density at radius 3 is 2.81 bits per heavy atom. The molecule has 1 N–H and O–H groups in total. The molecule has 2 aromatic rings. The van der Waals surface area contributed by atoms with Crippen LogP contribution in [0.15, 0.2) is 35.5 Å². The van der Waals surface area contributed by atoms with Gasteiger partial charge in [0, 0.05) is 0 Å². The Balaban J connectivity index is 1.94. The minimum Gasteiger partial charge on any atom is -0.450 e. The molecule has 0 unspecified atom stereocenters. The zero-order valence-corrected chi connectivity index (χ0v) is 12.0. The fourth-order valence-corrected chi connectivity index (χ4v) is 2.14. The van der Waals surface area contributed by atoms with Crippen molar-refractivity contribution in [1.82, 2.24) is 25.5 Å². The number of nitrogens with zero attached hydrogens (tertiary/aromatic N) is 4. The number of hydrogen-bond donors (Lipinski definition) is 1. The molecule has 8 nitrogen and oxygen atoms in total. The van der Waals surface area contributed by atoms with Crippen molar-refractivity contribution in [3.8, 4) is 5.69 Å². The molecule has 0 saturated heterocycles. The standard InChI is InChI=1S/C12H13N5O3S/c1-2-20-12(19)13-10(18)8-21-11-14-15-16-17(11)9-6-4-3-5-7-9/h3-7H,2,8H2,1H3,(H,13,18,19). The summed E-state index contributed by atoms with van der Waals surface area (Å²) in [5, 5.41) is 13.9. The van der Waals surface area contributed by atoms with E-state index in [0.717, 1.165) is 17.4 Å². The van der Waals surface area contributed by atoms with Crippen LogP contribution in [-0.2, 0) is 9.53 Å². The van der Waals surface area contributed by atoms with E-state index in [0.29, 0.717) is 5.16 Å². The van der Waals surface area contributed by atoms with Crippen molar-refractivity contribution in [3.05, 3.63) is 30.3 Å². The average molecular weight is 307 g/mol. The molecular weight excluding hydrogens is 294 g/mol. The molecule has 2 rings (SSSR count). The number of nitrogens with one attached hydrogen (secondary N) is 1. The number of ether oxygens (including phenoxy) is 1. The van der Waals surface area contributed by atoms with Crippen molar-refractivity contribution >= 4 is 23.8 Å². The minimum atomic E-state index is -0.759. The Kier molecular flexibility index (Phi) is 5.27. The van der Waals surface area contributed by atoms with Gasteiger partial charge < -0.3 is 4.74 Å². The molecule has 21 heavy (non-hydrogen) atoms. The Hall–Kier alpha value is -2.42. The van der Waals surface area contributed by atoms with Crippen molar-refractivity contribution in [2.45, 2.75) is 12.1 Å². The molecule has 0 aliphatic carbocycles. The predicted molar refractivity (Wildman–Crippen MR) is 75.0 cm³/mol. The third-order valence-corrected chi connectivity index (χ3v) is 3.21. The van der Waals surface area contributed by atoms with E-state index in [4.69, 9.17) is 0 Å². The van der Waals surface area contributed by atoms with Gasteiger partial charge in [-0.2, -0.15) is 4.68 Å². The number of alkyl carbamates (subject to hydrolysis) is 1. The van der Waals surface area contributed by atoms with Gasteiger partial charge in [0.15, 0.2) is 0 Å². The van der Waals surface area contributed by atoms with E-state index in [-0.39, 0.29) is 12.4 Å². The average Bonchev–Trinajstić information content (AvgIpc) is 2.94. The largest absolute Gasteiger partial charge is 0.450 e. The SMILES string of the molecule is CCOC(=O)NC(=O)CSc1nnnn1-c1ccccc1. The normalized spacial score (nSPS) is 10.1. The summed E-state index contributed by atoms with van der Waals surface area (Å²) in [5.41, 5.74) is 0.788. The van der Waals surface area contributed by atoms with Gasteiger partial charge in [-0.3, -0.25) is 10.1 Å². The summed E-state index contributed by atoms with van der Waals surface area (Å²) in [7, 11) is 0. The number of carbonyl (C=O) groups excluding carboxylic acids is 2. The fraction of sp³-hybridized carbons (Fsp3) is 0.250. The first-order chi connectivity index (χ1) is 10.2. The first kappa shape index (κ1) is 15.0. The Morgan fingerprint density at radius 2 is 2.10 bits per heavy atom. The molecule has 0 aliphatic heterocycles. The van der Waals surface area contributed by atoms with Crippen LogP contribution in [-0.4, -0.2) is 44.6 Å². The first-order valence-electron chi connectivity index (χ1n) is 6.14.